The van der Waals surface area contributed by atoms with Gasteiger partial charge in [-0.15, -0.1) is 0 Å². The van der Waals surface area contributed by atoms with Crippen molar-refractivity contribution >= 4 is 11.7 Å². The Balaban J connectivity index is 1.71. The summed E-state index contributed by atoms with van der Waals surface area (Å²) < 4.78 is 10.6. The molecule has 0 bridgehead atoms. The number of nitrogens with one attached hydrogen (secondary N) is 1. The van der Waals surface area contributed by atoms with Crippen LogP contribution in [-0.2, 0) is 4.79 Å². The Morgan fingerprint density at radius 1 is 1.14 bits per heavy atom. The van der Waals surface area contributed by atoms with Gasteiger partial charge in [0.25, 0.3) is 0 Å². The molecule has 2 heterocycles. The van der Waals surface area contributed by atoms with Crippen molar-refractivity contribution < 1.29 is 14.3 Å². The number of hydrogen-bond donors (Lipinski definition) is 1. The van der Waals surface area contributed by atoms with Crippen molar-refractivity contribution in [1.82, 2.24) is 5.43 Å². The quantitative estimate of drug-likeness (QED) is 0.682. The summed E-state index contributed by atoms with van der Waals surface area (Å²) in [6.45, 7) is 0. The van der Waals surface area contributed by atoms with Gasteiger partial charge in [-0.05, 0) is 29.8 Å². The number of benzene rings is 2. The number of rotatable bonds is 2. The largest absolute Gasteiger partial charge is 0.497 e. The zero-order valence-electron chi connectivity index (χ0n) is 11.9. The zero-order chi connectivity index (χ0) is 15.1. The first-order chi connectivity index (χ1) is 10.8. The molecule has 0 fully saturated rings. The maximum Gasteiger partial charge on any atom is 0.323 e. The standard InChI is InChI=1S/C17H14N2O3/c1-21-11-8-6-10(7-9-11)15-14-16(19-18-15)12-4-2-3-5-13(12)22-17(14)20/h2-9,14-15,18H,1H3. The van der Waals surface area contributed by atoms with Crippen LogP contribution in [0.1, 0.15) is 17.2 Å². The molecule has 0 radical (unpaired) electrons. The third-order valence-corrected chi connectivity index (χ3v) is 4.05. The minimum atomic E-state index is -0.428. The fourth-order valence-corrected chi connectivity index (χ4v) is 2.93. The minimum Gasteiger partial charge on any atom is -0.497 e. The van der Waals surface area contributed by atoms with Gasteiger partial charge >= 0.3 is 5.97 Å². The molecular formula is C17H14N2O3. The molecule has 2 atom stereocenters. The summed E-state index contributed by atoms with van der Waals surface area (Å²) >= 11 is 0. The fourth-order valence-electron chi connectivity index (χ4n) is 2.93. The van der Waals surface area contributed by atoms with E-state index < -0.39 is 5.92 Å². The van der Waals surface area contributed by atoms with E-state index in [-0.39, 0.29) is 12.0 Å². The van der Waals surface area contributed by atoms with Crippen molar-refractivity contribution in [3.8, 4) is 11.5 Å². The number of methoxy groups -OCH3 is 1. The highest BCUT2D eigenvalue weighted by atomic mass is 16.5. The summed E-state index contributed by atoms with van der Waals surface area (Å²) in [5, 5.41) is 4.38. The smallest absolute Gasteiger partial charge is 0.323 e. The van der Waals surface area contributed by atoms with Crippen LogP contribution in [0.5, 0.6) is 11.5 Å². The molecule has 2 aromatic carbocycles. The minimum absolute atomic E-state index is 0.221. The van der Waals surface area contributed by atoms with Crippen LogP contribution in [0.4, 0.5) is 0 Å². The van der Waals surface area contributed by atoms with E-state index >= 15 is 0 Å². The number of hydrazone groups is 1. The molecule has 5 heteroatoms. The second-order valence-electron chi connectivity index (χ2n) is 5.27. The van der Waals surface area contributed by atoms with Gasteiger partial charge in [0.05, 0.1) is 18.9 Å². The Morgan fingerprint density at radius 2 is 1.91 bits per heavy atom. The van der Waals surface area contributed by atoms with Crippen LogP contribution in [0.25, 0.3) is 0 Å². The predicted octanol–water partition coefficient (Wildman–Crippen LogP) is 2.28. The van der Waals surface area contributed by atoms with E-state index in [9.17, 15) is 4.79 Å². The SMILES string of the molecule is COc1ccc(C2NN=C3c4ccccc4OC(=O)C32)cc1. The van der Waals surface area contributed by atoms with Crippen LogP contribution in [-0.4, -0.2) is 18.8 Å². The normalized spacial score (nSPS) is 22.0. The maximum absolute atomic E-state index is 12.4. The van der Waals surface area contributed by atoms with Crippen molar-refractivity contribution in [3.63, 3.8) is 0 Å². The van der Waals surface area contributed by atoms with Crippen LogP contribution in [0.2, 0.25) is 0 Å². The lowest BCUT2D eigenvalue weighted by atomic mass is 9.86. The molecule has 0 aromatic heterocycles. The predicted molar refractivity (Wildman–Crippen MR) is 81.0 cm³/mol. The number of fused-ring (bicyclic) bond motifs is 3. The average Bonchev–Trinajstić information content (AvgIpc) is 3.01. The van der Waals surface area contributed by atoms with E-state index in [0.29, 0.717) is 5.75 Å². The van der Waals surface area contributed by atoms with Crippen LogP contribution in [0, 0.1) is 5.92 Å². The molecule has 2 aliphatic heterocycles. The Morgan fingerprint density at radius 3 is 2.68 bits per heavy atom. The second kappa shape index (κ2) is 4.87. The topological polar surface area (TPSA) is 59.9 Å². The van der Waals surface area contributed by atoms with Crippen molar-refractivity contribution in [2.75, 3.05) is 7.11 Å². The lowest BCUT2D eigenvalue weighted by Crippen LogP contribution is -2.36. The molecular weight excluding hydrogens is 280 g/mol. The van der Waals surface area contributed by atoms with Gasteiger partial charge in [-0.1, -0.05) is 24.3 Å². The third-order valence-electron chi connectivity index (χ3n) is 4.05. The molecule has 2 aromatic rings. The molecule has 0 saturated carbocycles. The van der Waals surface area contributed by atoms with Gasteiger partial charge in [-0.2, -0.15) is 5.10 Å². The van der Waals surface area contributed by atoms with E-state index in [1.165, 1.54) is 0 Å². The molecule has 0 saturated heterocycles. The van der Waals surface area contributed by atoms with E-state index in [1.54, 1.807) is 13.2 Å². The third kappa shape index (κ3) is 1.86. The highest BCUT2D eigenvalue weighted by molar-refractivity contribution is 6.17. The van der Waals surface area contributed by atoms with Crippen LogP contribution in [0.15, 0.2) is 53.6 Å². The summed E-state index contributed by atoms with van der Waals surface area (Å²) in [7, 11) is 1.62. The van der Waals surface area contributed by atoms with Gasteiger partial charge in [-0.25, -0.2) is 0 Å². The summed E-state index contributed by atoms with van der Waals surface area (Å²) in [6.07, 6.45) is 0. The monoisotopic (exact) mass is 294 g/mol. The van der Waals surface area contributed by atoms with E-state index in [4.69, 9.17) is 9.47 Å². The van der Waals surface area contributed by atoms with Crippen molar-refractivity contribution in [2.45, 2.75) is 6.04 Å². The van der Waals surface area contributed by atoms with E-state index in [0.717, 1.165) is 22.6 Å². The highest BCUT2D eigenvalue weighted by Gasteiger charge is 2.44. The first-order valence-electron chi connectivity index (χ1n) is 7.06. The molecule has 2 unspecified atom stereocenters. The molecule has 0 aliphatic carbocycles. The maximum atomic E-state index is 12.4. The van der Waals surface area contributed by atoms with Crippen LogP contribution >= 0.6 is 0 Å². The highest BCUT2D eigenvalue weighted by Crippen LogP contribution is 2.38. The van der Waals surface area contributed by atoms with E-state index in [2.05, 4.69) is 10.5 Å². The average molecular weight is 294 g/mol. The van der Waals surface area contributed by atoms with Crippen molar-refractivity contribution in [1.29, 1.82) is 0 Å². The van der Waals surface area contributed by atoms with E-state index in [1.807, 2.05) is 42.5 Å². The molecule has 2 aliphatic rings. The lowest BCUT2D eigenvalue weighted by Gasteiger charge is -2.24. The fraction of sp³-hybridized carbons (Fsp3) is 0.176. The summed E-state index contributed by atoms with van der Waals surface area (Å²) in [5.41, 5.74) is 5.66. The van der Waals surface area contributed by atoms with Gasteiger partial charge in [-0.3, -0.25) is 4.79 Å². The molecule has 1 N–H and O–H groups in total. The number of esters is 1. The number of hydrogen-bond acceptors (Lipinski definition) is 5. The first-order valence-corrected chi connectivity index (χ1v) is 7.06. The van der Waals surface area contributed by atoms with Gasteiger partial charge < -0.3 is 14.9 Å². The number of nitrogens with zero attached hydrogens (tertiary/aromatic N) is 1. The van der Waals surface area contributed by atoms with Crippen molar-refractivity contribution in [2.24, 2.45) is 11.0 Å². The Bertz CT molecular complexity index is 768. The molecule has 5 nitrogen and oxygen atoms in total. The summed E-state index contributed by atoms with van der Waals surface area (Å²) in [5.74, 6) is 0.644. The summed E-state index contributed by atoms with van der Waals surface area (Å²) in [4.78, 5) is 12.4. The Hall–Kier alpha value is -2.82. The van der Waals surface area contributed by atoms with Crippen molar-refractivity contribution in [3.05, 3.63) is 59.7 Å². The molecule has 0 spiro atoms. The summed E-state index contributed by atoms with van der Waals surface area (Å²) in [6, 6.07) is 14.9. The number of para-hydroxylation sites is 1. The zero-order valence-corrected chi connectivity index (χ0v) is 11.9. The lowest BCUT2D eigenvalue weighted by molar-refractivity contribution is -0.137. The number of carbonyl (C=O) groups excluding carboxylic acids is 1. The van der Waals surface area contributed by atoms with Gasteiger partial charge in [0.1, 0.15) is 17.4 Å². The first kappa shape index (κ1) is 12.9. The van der Waals surface area contributed by atoms with Gasteiger partial charge in [0, 0.05) is 5.56 Å². The Kier molecular flexibility index (Phi) is 2.85. The second-order valence-corrected chi connectivity index (χ2v) is 5.27. The molecule has 110 valence electrons. The van der Waals surface area contributed by atoms with Crippen LogP contribution in [0.3, 0.4) is 0 Å². The number of carbonyl (C=O) groups is 1. The van der Waals surface area contributed by atoms with Gasteiger partial charge in [0.2, 0.25) is 0 Å². The molecule has 22 heavy (non-hydrogen) atoms. The van der Waals surface area contributed by atoms with Gasteiger partial charge in [0.15, 0.2) is 0 Å². The number of ether oxygens (including phenoxy) is 2. The molecule has 0 amide bonds. The molecule has 4 rings (SSSR count). The van der Waals surface area contributed by atoms with Crippen LogP contribution < -0.4 is 14.9 Å². The Labute approximate surface area is 127 Å².